The predicted molar refractivity (Wildman–Crippen MR) is 124 cm³/mol. The molecule has 0 aliphatic rings. The molecule has 0 aromatic carbocycles. The van der Waals surface area contributed by atoms with Gasteiger partial charge in [0, 0.05) is 13.0 Å². The number of hydrogen-bond donors (Lipinski definition) is 9. The Hall–Kier alpha value is -3.54. The molecule has 0 aromatic heterocycles. The number of carbonyl (C=O) groups excluding carboxylic acids is 5. The highest BCUT2D eigenvalue weighted by molar-refractivity contribution is 5.90. The normalized spacial score (nSPS) is 14.8. The van der Waals surface area contributed by atoms with Crippen LogP contribution in [-0.2, 0) is 33.4 Å². The number of carboxylic acid groups (broad SMARTS) is 1. The van der Waals surface area contributed by atoms with Crippen LogP contribution in [0.25, 0.3) is 0 Å². The van der Waals surface area contributed by atoms with Crippen molar-refractivity contribution in [1.29, 1.82) is 0 Å². The van der Waals surface area contributed by atoms with Crippen LogP contribution in [0.5, 0.6) is 0 Å². The molecular weight excluding hydrogens is 500 g/mol. The van der Waals surface area contributed by atoms with Crippen LogP contribution >= 0.6 is 0 Å². The zero-order valence-electron chi connectivity index (χ0n) is 20.6. The lowest BCUT2D eigenvalue weighted by molar-refractivity contribution is -0.137. The van der Waals surface area contributed by atoms with Gasteiger partial charge in [-0.15, -0.1) is 0 Å². The first-order valence-corrected chi connectivity index (χ1v) is 11.2. The van der Waals surface area contributed by atoms with Gasteiger partial charge in [-0.25, -0.2) is 4.79 Å². The molecule has 0 heterocycles. The molecule has 17 heteroatoms. The minimum atomic E-state index is -1.40. The lowest BCUT2D eigenvalue weighted by Crippen LogP contribution is -2.57. The van der Waals surface area contributed by atoms with Gasteiger partial charge in [-0.2, -0.15) is 0 Å². The standard InChI is InChI=1S/C20H36N6O11/c1-10(27)15(18(22)33)25-13(29)9-37-8-7-36-6-5-23-19(34)16(11(2)28)26-20(35)24-12(17(21)32)3-4-14(30)31/h10-12,15-16,27-28H,3-9H2,1-2H3,(H2,21,32)(H2,22,33)(H,23,34)(H,25,29)(H,30,31)(H2,24,26,35). The van der Waals surface area contributed by atoms with Gasteiger partial charge in [0.2, 0.25) is 23.6 Å². The van der Waals surface area contributed by atoms with E-state index in [1.807, 2.05) is 0 Å². The minimum absolute atomic E-state index is 0.00177. The first-order chi connectivity index (χ1) is 17.3. The van der Waals surface area contributed by atoms with E-state index in [0.29, 0.717) is 0 Å². The molecule has 0 bridgehead atoms. The lowest BCUT2D eigenvalue weighted by atomic mass is 10.1. The second kappa shape index (κ2) is 17.8. The van der Waals surface area contributed by atoms with E-state index in [1.54, 1.807) is 0 Å². The van der Waals surface area contributed by atoms with Crippen molar-refractivity contribution >= 4 is 35.6 Å². The Kier molecular flexibility index (Phi) is 16.1. The van der Waals surface area contributed by atoms with Crippen LogP contribution in [0, 0.1) is 0 Å². The predicted octanol–water partition coefficient (Wildman–Crippen LogP) is -4.75. The van der Waals surface area contributed by atoms with Gasteiger partial charge in [-0.1, -0.05) is 0 Å². The number of carbonyl (C=O) groups is 6. The lowest BCUT2D eigenvalue weighted by Gasteiger charge is -2.22. The fourth-order valence-corrected chi connectivity index (χ4v) is 2.69. The van der Waals surface area contributed by atoms with Crippen molar-refractivity contribution in [2.24, 2.45) is 11.5 Å². The molecule has 6 amide bonds. The van der Waals surface area contributed by atoms with Gasteiger partial charge in [0.1, 0.15) is 24.7 Å². The maximum absolute atomic E-state index is 12.3. The van der Waals surface area contributed by atoms with Crippen molar-refractivity contribution in [3.63, 3.8) is 0 Å². The van der Waals surface area contributed by atoms with Crippen molar-refractivity contribution in [2.75, 3.05) is 33.0 Å². The van der Waals surface area contributed by atoms with E-state index in [0.717, 1.165) is 0 Å². The maximum atomic E-state index is 12.3. The summed E-state index contributed by atoms with van der Waals surface area (Å²) in [7, 11) is 0. The molecule has 0 spiro atoms. The van der Waals surface area contributed by atoms with Crippen LogP contribution in [0.2, 0.25) is 0 Å². The highest BCUT2D eigenvalue weighted by Gasteiger charge is 2.27. The van der Waals surface area contributed by atoms with Crippen LogP contribution < -0.4 is 32.7 Å². The third kappa shape index (κ3) is 15.2. The molecular formula is C20H36N6O11. The first-order valence-electron chi connectivity index (χ1n) is 11.2. The average Bonchev–Trinajstić information content (AvgIpc) is 2.79. The van der Waals surface area contributed by atoms with E-state index in [9.17, 15) is 39.0 Å². The van der Waals surface area contributed by atoms with E-state index >= 15 is 0 Å². The van der Waals surface area contributed by atoms with Gasteiger partial charge in [0.25, 0.3) is 0 Å². The number of aliphatic hydroxyl groups excluding tert-OH is 2. The van der Waals surface area contributed by atoms with Gasteiger partial charge < -0.3 is 57.5 Å². The van der Waals surface area contributed by atoms with Gasteiger partial charge in [0.15, 0.2) is 0 Å². The van der Waals surface area contributed by atoms with Crippen molar-refractivity contribution in [2.45, 2.75) is 57.0 Å². The fourth-order valence-electron chi connectivity index (χ4n) is 2.69. The molecule has 5 atom stereocenters. The number of aliphatic hydroxyl groups is 2. The Balaban J connectivity index is 4.30. The first kappa shape index (κ1) is 33.5. The van der Waals surface area contributed by atoms with Gasteiger partial charge in [-0.05, 0) is 20.3 Å². The van der Waals surface area contributed by atoms with Crippen LogP contribution in [0.15, 0.2) is 0 Å². The third-order valence-electron chi connectivity index (χ3n) is 4.60. The summed E-state index contributed by atoms with van der Waals surface area (Å²) in [6.45, 7) is 2.18. The summed E-state index contributed by atoms with van der Waals surface area (Å²) in [5, 5.41) is 36.9. The summed E-state index contributed by atoms with van der Waals surface area (Å²) in [5.74, 6) is -4.48. The third-order valence-corrected chi connectivity index (χ3v) is 4.60. The zero-order chi connectivity index (χ0) is 28.5. The van der Waals surface area contributed by atoms with E-state index in [2.05, 4.69) is 21.3 Å². The van der Waals surface area contributed by atoms with E-state index in [-0.39, 0.29) is 32.8 Å². The Morgan fingerprint density at radius 1 is 0.811 bits per heavy atom. The summed E-state index contributed by atoms with van der Waals surface area (Å²) in [5.41, 5.74) is 10.2. The number of urea groups is 1. The molecule has 0 rings (SSSR count). The average molecular weight is 537 g/mol. The smallest absolute Gasteiger partial charge is 0.316 e. The monoisotopic (exact) mass is 536 g/mol. The molecule has 11 N–H and O–H groups in total. The van der Waals surface area contributed by atoms with Crippen LogP contribution in [0.3, 0.4) is 0 Å². The summed E-state index contributed by atoms with van der Waals surface area (Å²) >= 11 is 0. The number of primary amides is 2. The minimum Gasteiger partial charge on any atom is -0.481 e. The number of hydrogen-bond acceptors (Lipinski definition) is 10. The van der Waals surface area contributed by atoms with Gasteiger partial charge >= 0.3 is 12.0 Å². The van der Waals surface area contributed by atoms with Crippen molar-refractivity contribution in [3.05, 3.63) is 0 Å². The number of nitrogens with two attached hydrogens (primary N) is 2. The molecule has 5 unspecified atom stereocenters. The summed E-state index contributed by atoms with van der Waals surface area (Å²) in [6.07, 6.45) is -3.18. The topological polar surface area (TPSA) is 282 Å². The van der Waals surface area contributed by atoms with Gasteiger partial charge in [-0.3, -0.25) is 24.0 Å². The largest absolute Gasteiger partial charge is 0.481 e. The Morgan fingerprint density at radius 2 is 1.41 bits per heavy atom. The molecule has 0 saturated carbocycles. The zero-order valence-corrected chi connectivity index (χ0v) is 20.6. The fraction of sp³-hybridized carbons (Fsp3) is 0.700. The number of nitrogens with one attached hydrogen (secondary N) is 4. The molecule has 37 heavy (non-hydrogen) atoms. The Bertz CT molecular complexity index is 793. The van der Waals surface area contributed by atoms with E-state index in [1.165, 1.54) is 13.8 Å². The molecule has 0 aliphatic carbocycles. The summed E-state index contributed by atoms with van der Waals surface area (Å²) in [6, 6.07) is -4.95. The Labute approximate surface area is 212 Å². The molecule has 17 nitrogen and oxygen atoms in total. The second-order valence-corrected chi connectivity index (χ2v) is 7.87. The molecule has 0 saturated heterocycles. The van der Waals surface area contributed by atoms with Gasteiger partial charge in [0.05, 0.1) is 32.0 Å². The van der Waals surface area contributed by atoms with Crippen molar-refractivity contribution in [3.8, 4) is 0 Å². The SMILES string of the molecule is CC(O)C(NC(=O)COCCOCCNC(=O)C(NC(=O)NC(CCC(=O)O)C(N)=O)C(C)O)C(N)=O. The number of amides is 6. The molecule has 0 fully saturated rings. The molecule has 0 aliphatic heterocycles. The molecule has 212 valence electrons. The maximum Gasteiger partial charge on any atom is 0.316 e. The highest BCUT2D eigenvalue weighted by atomic mass is 16.5. The van der Waals surface area contributed by atoms with E-state index < -0.39 is 79.0 Å². The van der Waals surface area contributed by atoms with Crippen LogP contribution in [0.4, 0.5) is 4.79 Å². The van der Waals surface area contributed by atoms with Crippen molar-refractivity contribution in [1.82, 2.24) is 21.3 Å². The van der Waals surface area contributed by atoms with Crippen LogP contribution in [0.1, 0.15) is 26.7 Å². The van der Waals surface area contributed by atoms with Crippen LogP contribution in [-0.4, -0.2) is 114 Å². The van der Waals surface area contributed by atoms with E-state index in [4.69, 9.17) is 26.0 Å². The molecule has 0 radical (unpaired) electrons. The highest BCUT2D eigenvalue weighted by Crippen LogP contribution is 1.99. The van der Waals surface area contributed by atoms with Crippen molar-refractivity contribution < 1.29 is 53.6 Å². The quantitative estimate of drug-likeness (QED) is 0.0706. The second-order valence-electron chi connectivity index (χ2n) is 7.87. The number of aliphatic carboxylic acids is 1. The molecule has 0 aromatic rings. The Morgan fingerprint density at radius 3 is 1.92 bits per heavy atom. The number of ether oxygens (including phenoxy) is 2. The number of carboxylic acids is 1. The summed E-state index contributed by atoms with van der Waals surface area (Å²) < 4.78 is 10.3. The summed E-state index contributed by atoms with van der Waals surface area (Å²) in [4.78, 5) is 69.2. The number of rotatable bonds is 19.